The minimum absolute atomic E-state index is 0.0823. The van der Waals surface area contributed by atoms with Crippen molar-refractivity contribution in [3.8, 4) is 11.5 Å². The average Bonchev–Trinajstić information content (AvgIpc) is 2.27. The minimum atomic E-state index is 0.0823. The summed E-state index contributed by atoms with van der Waals surface area (Å²) in [5.41, 5.74) is 7.07. The Morgan fingerprint density at radius 3 is 3.20 bits per heavy atom. The lowest BCUT2D eigenvalue weighted by Gasteiger charge is -2.23. The van der Waals surface area contributed by atoms with E-state index in [1.165, 1.54) is 0 Å². The molecule has 1 atom stereocenters. The van der Waals surface area contributed by atoms with E-state index in [-0.39, 0.29) is 6.04 Å². The standard InChI is InChI=1S/C12H17NO2/c1-2-6-14-9-3-4-12-10(8-9)11(13)5-7-15-12/h3-4,8,11H,2,5-7,13H2,1H3. The molecule has 0 spiro atoms. The molecule has 0 saturated carbocycles. The molecule has 0 amide bonds. The summed E-state index contributed by atoms with van der Waals surface area (Å²) in [7, 11) is 0. The summed E-state index contributed by atoms with van der Waals surface area (Å²) in [6, 6.07) is 5.96. The Balaban J connectivity index is 2.19. The number of rotatable bonds is 3. The molecule has 0 radical (unpaired) electrons. The van der Waals surface area contributed by atoms with E-state index in [2.05, 4.69) is 6.92 Å². The van der Waals surface area contributed by atoms with E-state index in [9.17, 15) is 0 Å². The second kappa shape index (κ2) is 4.53. The van der Waals surface area contributed by atoms with Crippen LogP contribution >= 0.6 is 0 Å². The van der Waals surface area contributed by atoms with Gasteiger partial charge in [0.25, 0.3) is 0 Å². The molecule has 2 N–H and O–H groups in total. The van der Waals surface area contributed by atoms with Gasteiger partial charge in [-0.3, -0.25) is 0 Å². The van der Waals surface area contributed by atoms with Gasteiger partial charge in [-0.25, -0.2) is 0 Å². The van der Waals surface area contributed by atoms with Crippen LogP contribution in [-0.2, 0) is 0 Å². The fourth-order valence-corrected chi connectivity index (χ4v) is 1.71. The molecule has 2 rings (SSSR count). The fraction of sp³-hybridized carbons (Fsp3) is 0.500. The highest BCUT2D eigenvalue weighted by Gasteiger charge is 2.18. The molecular weight excluding hydrogens is 190 g/mol. The molecule has 3 heteroatoms. The monoisotopic (exact) mass is 207 g/mol. The summed E-state index contributed by atoms with van der Waals surface area (Å²) in [5, 5.41) is 0. The van der Waals surface area contributed by atoms with Gasteiger partial charge in [0.1, 0.15) is 11.5 Å². The number of fused-ring (bicyclic) bond motifs is 1. The summed E-state index contributed by atoms with van der Waals surface area (Å²) >= 11 is 0. The van der Waals surface area contributed by atoms with Gasteiger partial charge < -0.3 is 15.2 Å². The van der Waals surface area contributed by atoms with Crippen molar-refractivity contribution in [2.45, 2.75) is 25.8 Å². The van der Waals surface area contributed by atoms with Crippen LogP contribution in [0.15, 0.2) is 18.2 Å². The van der Waals surface area contributed by atoms with Crippen molar-refractivity contribution < 1.29 is 9.47 Å². The van der Waals surface area contributed by atoms with E-state index in [1.807, 2.05) is 18.2 Å². The summed E-state index contributed by atoms with van der Waals surface area (Å²) in [4.78, 5) is 0. The zero-order chi connectivity index (χ0) is 10.7. The first-order chi connectivity index (χ1) is 7.31. The van der Waals surface area contributed by atoms with Crippen LogP contribution in [0.25, 0.3) is 0 Å². The second-order valence-corrected chi connectivity index (χ2v) is 3.79. The zero-order valence-electron chi connectivity index (χ0n) is 9.03. The van der Waals surface area contributed by atoms with Crippen molar-refractivity contribution in [3.63, 3.8) is 0 Å². The van der Waals surface area contributed by atoms with E-state index in [4.69, 9.17) is 15.2 Å². The summed E-state index contributed by atoms with van der Waals surface area (Å²) < 4.78 is 11.1. The molecule has 3 nitrogen and oxygen atoms in total. The highest BCUT2D eigenvalue weighted by Crippen LogP contribution is 2.33. The third-order valence-corrected chi connectivity index (χ3v) is 2.54. The van der Waals surface area contributed by atoms with E-state index >= 15 is 0 Å². The number of hydrogen-bond acceptors (Lipinski definition) is 3. The maximum Gasteiger partial charge on any atom is 0.124 e. The molecule has 1 aliphatic heterocycles. The van der Waals surface area contributed by atoms with Crippen LogP contribution in [0.3, 0.4) is 0 Å². The van der Waals surface area contributed by atoms with Crippen LogP contribution in [0.1, 0.15) is 31.4 Å². The number of ether oxygens (including phenoxy) is 2. The van der Waals surface area contributed by atoms with Gasteiger partial charge in [-0.05, 0) is 24.6 Å². The minimum Gasteiger partial charge on any atom is -0.494 e. The Labute approximate surface area is 90.2 Å². The Hall–Kier alpha value is -1.22. The molecule has 15 heavy (non-hydrogen) atoms. The van der Waals surface area contributed by atoms with E-state index < -0.39 is 0 Å². The third-order valence-electron chi connectivity index (χ3n) is 2.54. The molecule has 1 heterocycles. The van der Waals surface area contributed by atoms with Crippen molar-refractivity contribution in [2.24, 2.45) is 5.73 Å². The molecular formula is C12H17NO2. The fourth-order valence-electron chi connectivity index (χ4n) is 1.71. The first-order valence-corrected chi connectivity index (χ1v) is 5.46. The predicted octanol–water partition coefficient (Wildman–Crippen LogP) is 2.26. The Morgan fingerprint density at radius 1 is 1.53 bits per heavy atom. The highest BCUT2D eigenvalue weighted by molar-refractivity contribution is 5.43. The molecule has 0 bridgehead atoms. The molecule has 0 saturated heterocycles. The molecule has 82 valence electrons. The number of hydrogen-bond donors (Lipinski definition) is 1. The van der Waals surface area contributed by atoms with Gasteiger partial charge in [-0.2, -0.15) is 0 Å². The topological polar surface area (TPSA) is 44.5 Å². The van der Waals surface area contributed by atoms with Crippen LogP contribution in [0.5, 0.6) is 11.5 Å². The van der Waals surface area contributed by atoms with Gasteiger partial charge in [0.15, 0.2) is 0 Å². The van der Waals surface area contributed by atoms with Crippen LogP contribution < -0.4 is 15.2 Å². The first-order valence-electron chi connectivity index (χ1n) is 5.46. The molecule has 1 aromatic carbocycles. The second-order valence-electron chi connectivity index (χ2n) is 3.79. The van der Waals surface area contributed by atoms with Crippen molar-refractivity contribution in [3.05, 3.63) is 23.8 Å². The van der Waals surface area contributed by atoms with Crippen molar-refractivity contribution in [1.82, 2.24) is 0 Å². The highest BCUT2D eigenvalue weighted by atomic mass is 16.5. The van der Waals surface area contributed by atoms with Crippen LogP contribution in [0.4, 0.5) is 0 Å². The van der Waals surface area contributed by atoms with Gasteiger partial charge in [-0.1, -0.05) is 6.92 Å². The van der Waals surface area contributed by atoms with E-state index in [0.717, 1.165) is 36.5 Å². The summed E-state index contributed by atoms with van der Waals surface area (Å²) in [5.74, 6) is 1.79. The van der Waals surface area contributed by atoms with Crippen molar-refractivity contribution >= 4 is 0 Å². The van der Waals surface area contributed by atoms with Gasteiger partial charge in [0.05, 0.1) is 13.2 Å². The molecule has 0 aromatic heterocycles. The smallest absolute Gasteiger partial charge is 0.124 e. The lowest BCUT2D eigenvalue weighted by Crippen LogP contribution is -2.20. The van der Waals surface area contributed by atoms with Gasteiger partial charge in [-0.15, -0.1) is 0 Å². The van der Waals surface area contributed by atoms with Gasteiger partial charge in [0.2, 0.25) is 0 Å². The molecule has 1 unspecified atom stereocenters. The SMILES string of the molecule is CCCOc1ccc2c(c1)C(N)CCO2. The summed E-state index contributed by atoms with van der Waals surface area (Å²) in [6.07, 6.45) is 1.89. The normalized spacial score (nSPS) is 19.2. The van der Waals surface area contributed by atoms with Crippen molar-refractivity contribution in [2.75, 3.05) is 13.2 Å². The Bertz CT molecular complexity index is 338. The van der Waals surface area contributed by atoms with Crippen LogP contribution in [0.2, 0.25) is 0 Å². The van der Waals surface area contributed by atoms with Crippen molar-refractivity contribution in [1.29, 1.82) is 0 Å². The molecule has 0 aliphatic carbocycles. The maximum atomic E-state index is 6.01. The predicted molar refractivity (Wildman–Crippen MR) is 59.3 cm³/mol. The largest absolute Gasteiger partial charge is 0.494 e. The zero-order valence-corrected chi connectivity index (χ0v) is 9.03. The van der Waals surface area contributed by atoms with Gasteiger partial charge in [0, 0.05) is 18.0 Å². The Morgan fingerprint density at radius 2 is 2.40 bits per heavy atom. The van der Waals surface area contributed by atoms with E-state index in [0.29, 0.717) is 6.61 Å². The van der Waals surface area contributed by atoms with Crippen LogP contribution in [0, 0.1) is 0 Å². The van der Waals surface area contributed by atoms with Crippen LogP contribution in [-0.4, -0.2) is 13.2 Å². The number of benzene rings is 1. The summed E-state index contributed by atoms with van der Waals surface area (Å²) in [6.45, 7) is 3.55. The van der Waals surface area contributed by atoms with Gasteiger partial charge >= 0.3 is 0 Å². The average molecular weight is 207 g/mol. The number of nitrogens with two attached hydrogens (primary N) is 1. The molecule has 1 aromatic rings. The third kappa shape index (κ3) is 2.23. The maximum absolute atomic E-state index is 6.01. The first kappa shape index (κ1) is 10.3. The lowest BCUT2D eigenvalue weighted by atomic mass is 10.0. The molecule has 1 aliphatic rings. The molecule has 0 fully saturated rings. The quantitative estimate of drug-likeness (QED) is 0.826. The van der Waals surface area contributed by atoms with E-state index in [1.54, 1.807) is 0 Å². The Kier molecular flexibility index (Phi) is 3.11. The lowest BCUT2D eigenvalue weighted by molar-refractivity contribution is 0.266.